The zero-order valence-corrected chi connectivity index (χ0v) is 9.58. The van der Waals surface area contributed by atoms with Gasteiger partial charge in [0, 0.05) is 32.4 Å². The highest BCUT2D eigenvalue weighted by Gasteiger charge is 2.18. The molecule has 0 bridgehead atoms. The third-order valence-corrected chi connectivity index (χ3v) is 2.49. The summed E-state index contributed by atoms with van der Waals surface area (Å²) in [5.74, 6) is 0.197. The van der Waals surface area contributed by atoms with Gasteiger partial charge in [-0.05, 0) is 19.8 Å². The molecule has 1 aliphatic rings. The second-order valence-electron chi connectivity index (χ2n) is 3.76. The summed E-state index contributed by atoms with van der Waals surface area (Å²) < 4.78 is 10.3. The lowest BCUT2D eigenvalue weighted by molar-refractivity contribution is -0.119. The van der Waals surface area contributed by atoms with Gasteiger partial charge in [-0.2, -0.15) is 0 Å². The molecular formula is C11H19NO3. The van der Waals surface area contributed by atoms with Crippen LogP contribution in [0.15, 0.2) is 11.8 Å². The van der Waals surface area contributed by atoms with Crippen molar-refractivity contribution in [2.24, 2.45) is 0 Å². The van der Waals surface area contributed by atoms with Crippen LogP contribution >= 0.6 is 0 Å². The Morgan fingerprint density at radius 1 is 1.33 bits per heavy atom. The summed E-state index contributed by atoms with van der Waals surface area (Å²) in [4.78, 5) is 11.2. The third kappa shape index (κ3) is 3.64. The number of allylic oxidation sites excluding steroid dienone is 2. The quantitative estimate of drug-likeness (QED) is 0.698. The van der Waals surface area contributed by atoms with Gasteiger partial charge in [0.05, 0.1) is 6.04 Å². The Morgan fingerprint density at radius 3 is 2.53 bits per heavy atom. The van der Waals surface area contributed by atoms with E-state index in [-0.39, 0.29) is 18.1 Å². The number of methoxy groups -OCH3 is 2. The van der Waals surface area contributed by atoms with Crippen LogP contribution in [0.2, 0.25) is 0 Å². The highest BCUT2D eigenvalue weighted by Crippen LogP contribution is 2.14. The molecule has 0 aromatic rings. The molecule has 1 unspecified atom stereocenters. The number of hydrogen-bond acceptors (Lipinski definition) is 4. The molecule has 15 heavy (non-hydrogen) atoms. The van der Waals surface area contributed by atoms with Crippen LogP contribution in [-0.4, -0.2) is 32.3 Å². The van der Waals surface area contributed by atoms with E-state index < -0.39 is 0 Å². The Balaban J connectivity index is 2.49. The normalized spacial score (nSPS) is 18.9. The van der Waals surface area contributed by atoms with Crippen molar-refractivity contribution in [2.75, 3.05) is 14.2 Å². The molecule has 0 aliphatic heterocycles. The van der Waals surface area contributed by atoms with Gasteiger partial charge in [-0.3, -0.25) is 4.79 Å². The van der Waals surface area contributed by atoms with Crippen LogP contribution in [0.25, 0.3) is 0 Å². The molecule has 1 rings (SSSR count). The van der Waals surface area contributed by atoms with Crippen molar-refractivity contribution in [3.8, 4) is 0 Å². The Bertz CT molecular complexity index is 246. The van der Waals surface area contributed by atoms with Gasteiger partial charge in [0.1, 0.15) is 0 Å². The molecule has 0 heterocycles. The molecule has 86 valence electrons. The Hall–Kier alpha value is -0.870. The number of ketones is 1. The summed E-state index contributed by atoms with van der Waals surface area (Å²) in [6.45, 7) is 1.97. The van der Waals surface area contributed by atoms with E-state index in [1.54, 1.807) is 20.3 Å². The van der Waals surface area contributed by atoms with Crippen molar-refractivity contribution in [3.63, 3.8) is 0 Å². The molecule has 0 saturated heterocycles. The smallest absolute Gasteiger partial charge is 0.176 e. The maximum atomic E-state index is 11.2. The molecule has 4 nitrogen and oxygen atoms in total. The van der Waals surface area contributed by atoms with Crippen molar-refractivity contribution in [2.45, 2.75) is 38.5 Å². The molecule has 0 aromatic carbocycles. The van der Waals surface area contributed by atoms with E-state index in [0.717, 1.165) is 18.5 Å². The molecule has 0 radical (unpaired) electrons. The van der Waals surface area contributed by atoms with Gasteiger partial charge in [0.2, 0.25) is 0 Å². The molecular weight excluding hydrogens is 194 g/mol. The van der Waals surface area contributed by atoms with Gasteiger partial charge in [-0.1, -0.05) is 0 Å². The Labute approximate surface area is 90.6 Å². The summed E-state index contributed by atoms with van der Waals surface area (Å²) in [7, 11) is 3.21. The van der Waals surface area contributed by atoms with Crippen LogP contribution in [-0.2, 0) is 14.3 Å². The van der Waals surface area contributed by atoms with E-state index in [4.69, 9.17) is 9.47 Å². The molecule has 0 aromatic heterocycles. The molecule has 0 amide bonds. The van der Waals surface area contributed by atoms with E-state index in [2.05, 4.69) is 5.32 Å². The number of hydrogen-bond donors (Lipinski definition) is 1. The monoisotopic (exact) mass is 213 g/mol. The second-order valence-corrected chi connectivity index (χ2v) is 3.76. The maximum absolute atomic E-state index is 11.2. The van der Waals surface area contributed by atoms with Crippen LogP contribution in [0, 0.1) is 0 Å². The highest BCUT2D eigenvalue weighted by atomic mass is 16.7. The van der Waals surface area contributed by atoms with E-state index in [9.17, 15) is 4.79 Å². The van der Waals surface area contributed by atoms with Crippen LogP contribution < -0.4 is 5.32 Å². The van der Waals surface area contributed by atoms with Crippen molar-refractivity contribution < 1.29 is 14.3 Å². The number of ether oxygens (including phenoxy) is 2. The topological polar surface area (TPSA) is 47.6 Å². The number of nitrogens with one attached hydrogen (secondary N) is 1. The van der Waals surface area contributed by atoms with Gasteiger partial charge in [0.25, 0.3) is 0 Å². The van der Waals surface area contributed by atoms with Crippen LogP contribution in [0.4, 0.5) is 0 Å². The molecule has 0 saturated carbocycles. The van der Waals surface area contributed by atoms with Gasteiger partial charge < -0.3 is 14.8 Å². The average Bonchev–Trinajstić information content (AvgIpc) is 2.19. The highest BCUT2D eigenvalue weighted by molar-refractivity contribution is 5.91. The molecule has 0 fully saturated rings. The fourth-order valence-corrected chi connectivity index (χ4v) is 1.77. The van der Waals surface area contributed by atoms with Gasteiger partial charge >= 0.3 is 0 Å². The maximum Gasteiger partial charge on any atom is 0.176 e. The predicted octanol–water partition coefficient (Wildman–Crippen LogP) is 1.22. The third-order valence-electron chi connectivity index (χ3n) is 2.49. The first-order valence-electron chi connectivity index (χ1n) is 5.23. The minimum absolute atomic E-state index is 0.0390. The Kier molecular flexibility index (Phi) is 4.78. The summed E-state index contributed by atoms with van der Waals surface area (Å²) in [5.41, 5.74) is 0.984. The zero-order valence-electron chi connectivity index (χ0n) is 9.58. The van der Waals surface area contributed by atoms with Gasteiger partial charge in [-0.15, -0.1) is 0 Å². The fraction of sp³-hybridized carbons (Fsp3) is 0.727. The zero-order chi connectivity index (χ0) is 11.3. The van der Waals surface area contributed by atoms with Crippen LogP contribution in [0.1, 0.15) is 26.2 Å². The van der Waals surface area contributed by atoms with E-state index in [1.165, 1.54) is 0 Å². The van der Waals surface area contributed by atoms with Crippen molar-refractivity contribution in [1.29, 1.82) is 0 Å². The van der Waals surface area contributed by atoms with Gasteiger partial charge in [-0.25, -0.2) is 0 Å². The number of rotatable bonds is 5. The summed E-state index contributed by atoms with van der Waals surface area (Å²) in [6, 6.07) is 0.0390. The minimum Gasteiger partial charge on any atom is -0.381 e. The number of carbonyl (C=O) groups is 1. The lowest BCUT2D eigenvalue weighted by atomic mass is 10.0. The first kappa shape index (κ1) is 12.2. The number of carbonyl (C=O) groups excluding carboxylic acids is 1. The molecule has 1 atom stereocenters. The van der Waals surface area contributed by atoms with E-state index >= 15 is 0 Å². The largest absolute Gasteiger partial charge is 0.381 e. The first-order chi connectivity index (χ1) is 7.17. The predicted molar refractivity (Wildman–Crippen MR) is 57.3 cm³/mol. The lowest BCUT2D eigenvalue weighted by Crippen LogP contribution is -2.39. The fourth-order valence-electron chi connectivity index (χ4n) is 1.77. The molecule has 1 aliphatic carbocycles. The van der Waals surface area contributed by atoms with Crippen LogP contribution in [0.3, 0.4) is 0 Å². The lowest BCUT2D eigenvalue weighted by Gasteiger charge is -2.25. The minimum atomic E-state index is -0.289. The van der Waals surface area contributed by atoms with Crippen molar-refractivity contribution in [1.82, 2.24) is 5.32 Å². The van der Waals surface area contributed by atoms with Crippen molar-refractivity contribution >= 4 is 5.78 Å². The standard InChI is InChI=1S/C11H19NO3/c1-8(11(14-2)15-3)12-9-5-4-6-10(13)7-9/h7-8,11-12H,4-6H2,1-3H3. The van der Waals surface area contributed by atoms with E-state index in [0.29, 0.717) is 6.42 Å². The van der Waals surface area contributed by atoms with E-state index in [1.807, 2.05) is 6.92 Å². The second kappa shape index (κ2) is 5.88. The first-order valence-corrected chi connectivity index (χ1v) is 5.23. The Morgan fingerprint density at radius 2 is 2.00 bits per heavy atom. The van der Waals surface area contributed by atoms with Crippen LogP contribution in [0.5, 0.6) is 0 Å². The SMILES string of the molecule is COC(OC)C(C)NC1=CC(=O)CCC1. The average molecular weight is 213 g/mol. The molecule has 1 N–H and O–H groups in total. The summed E-state index contributed by atoms with van der Waals surface area (Å²) >= 11 is 0. The molecule has 4 heteroatoms. The van der Waals surface area contributed by atoms with Gasteiger partial charge in [0.15, 0.2) is 12.1 Å². The summed E-state index contributed by atoms with van der Waals surface area (Å²) in [6.07, 6.45) is 3.91. The van der Waals surface area contributed by atoms with Crippen molar-refractivity contribution in [3.05, 3.63) is 11.8 Å². The summed E-state index contributed by atoms with van der Waals surface area (Å²) in [5, 5.41) is 3.24. The molecule has 0 spiro atoms.